The van der Waals surface area contributed by atoms with E-state index in [9.17, 15) is 0 Å². The van der Waals surface area contributed by atoms with Gasteiger partial charge in [0.2, 0.25) is 0 Å². The first-order chi connectivity index (χ1) is 5.56. The number of hydrogen-bond acceptors (Lipinski definition) is 2. The summed E-state index contributed by atoms with van der Waals surface area (Å²) in [6.45, 7) is 14.5. The Kier molecular flexibility index (Phi) is 6.39. The van der Waals surface area contributed by atoms with Gasteiger partial charge < -0.3 is 0 Å². The number of nitrogens with one attached hydrogen (secondary N) is 1. The Morgan fingerprint density at radius 3 is 1.67 bits per heavy atom. The molecule has 0 atom stereocenters. The van der Waals surface area contributed by atoms with Gasteiger partial charge in [0.1, 0.15) is 0 Å². The minimum atomic E-state index is 0.739. The Hall–Kier alpha value is -0.0800. The van der Waals surface area contributed by atoms with E-state index in [1.165, 1.54) is 0 Å². The maximum absolute atomic E-state index is 3.38. The molecular weight excluding hydrogens is 148 g/mol. The highest BCUT2D eigenvalue weighted by atomic mass is 15.5. The number of hydrazine groups is 1. The molecule has 0 aromatic heterocycles. The molecule has 0 aromatic carbocycles. The van der Waals surface area contributed by atoms with Gasteiger partial charge in [-0.25, -0.2) is 5.01 Å². The second kappa shape index (κ2) is 6.44. The van der Waals surface area contributed by atoms with Crippen molar-refractivity contribution in [3.05, 3.63) is 0 Å². The summed E-state index contributed by atoms with van der Waals surface area (Å²) < 4.78 is 0. The van der Waals surface area contributed by atoms with Gasteiger partial charge in [0, 0.05) is 19.6 Å². The van der Waals surface area contributed by atoms with Gasteiger partial charge in [-0.3, -0.25) is 5.43 Å². The van der Waals surface area contributed by atoms with Crippen LogP contribution in [0, 0.1) is 11.8 Å². The molecule has 0 saturated carbocycles. The van der Waals surface area contributed by atoms with Gasteiger partial charge in [0.15, 0.2) is 0 Å². The van der Waals surface area contributed by atoms with Crippen molar-refractivity contribution in [1.29, 1.82) is 0 Å². The molecule has 0 saturated heterocycles. The lowest BCUT2D eigenvalue weighted by atomic mass is 10.2. The van der Waals surface area contributed by atoms with Crippen molar-refractivity contribution in [1.82, 2.24) is 10.4 Å². The molecule has 74 valence electrons. The average molecular weight is 172 g/mol. The van der Waals surface area contributed by atoms with Crippen LogP contribution in [0.1, 0.15) is 34.6 Å². The molecule has 0 spiro atoms. The fraction of sp³-hybridized carbons (Fsp3) is 1.00. The number of rotatable bonds is 6. The molecule has 0 heterocycles. The van der Waals surface area contributed by atoms with Crippen LogP contribution < -0.4 is 5.43 Å². The third kappa shape index (κ3) is 6.62. The number of hydrogen-bond donors (Lipinski definition) is 1. The van der Waals surface area contributed by atoms with E-state index in [2.05, 4.69) is 45.1 Å². The molecule has 12 heavy (non-hydrogen) atoms. The summed E-state index contributed by atoms with van der Waals surface area (Å²) in [6, 6.07) is 0. The Morgan fingerprint density at radius 1 is 1.00 bits per heavy atom. The van der Waals surface area contributed by atoms with Gasteiger partial charge in [0.25, 0.3) is 0 Å². The van der Waals surface area contributed by atoms with E-state index in [4.69, 9.17) is 0 Å². The maximum Gasteiger partial charge on any atom is 0.0154 e. The zero-order valence-electron chi connectivity index (χ0n) is 9.22. The van der Waals surface area contributed by atoms with Crippen LogP contribution in [-0.2, 0) is 0 Å². The van der Waals surface area contributed by atoms with Crippen molar-refractivity contribution < 1.29 is 0 Å². The van der Waals surface area contributed by atoms with Gasteiger partial charge in [-0.05, 0) is 11.8 Å². The molecule has 0 aliphatic heterocycles. The molecule has 0 unspecified atom stereocenters. The van der Waals surface area contributed by atoms with Gasteiger partial charge >= 0.3 is 0 Å². The summed E-state index contributed by atoms with van der Waals surface area (Å²) in [6.07, 6.45) is 0. The van der Waals surface area contributed by atoms with Crippen molar-refractivity contribution in [2.75, 3.05) is 19.6 Å². The van der Waals surface area contributed by atoms with E-state index in [1.807, 2.05) is 0 Å². The van der Waals surface area contributed by atoms with Crippen molar-refractivity contribution >= 4 is 0 Å². The number of nitrogens with zero attached hydrogens (tertiary/aromatic N) is 1. The minimum Gasteiger partial charge on any atom is -0.255 e. The van der Waals surface area contributed by atoms with Crippen LogP contribution in [0.25, 0.3) is 0 Å². The molecule has 0 radical (unpaired) electrons. The third-order valence-electron chi connectivity index (χ3n) is 1.55. The molecule has 0 fully saturated rings. The molecule has 2 heteroatoms. The van der Waals surface area contributed by atoms with Crippen molar-refractivity contribution in [2.45, 2.75) is 34.6 Å². The normalized spacial score (nSPS) is 12.0. The van der Waals surface area contributed by atoms with Crippen LogP contribution >= 0.6 is 0 Å². The molecule has 0 aliphatic rings. The van der Waals surface area contributed by atoms with Crippen LogP contribution in [0.2, 0.25) is 0 Å². The van der Waals surface area contributed by atoms with E-state index in [0.29, 0.717) is 0 Å². The molecule has 2 nitrogen and oxygen atoms in total. The molecule has 0 aromatic rings. The van der Waals surface area contributed by atoms with Crippen molar-refractivity contribution in [3.8, 4) is 0 Å². The molecule has 0 bridgehead atoms. The molecule has 1 N–H and O–H groups in total. The largest absolute Gasteiger partial charge is 0.255 e. The maximum atomic E-state index is 3.38. The average Bonchev–Trinajstić information content (AvgIpc) is 1.84. The minimum absolute atomic E-state index is 0.739. The highest BCUT2D eigenvalue weighted by molar-refractivity contribution is 4.57. The summed E-state index contributed by atoms with van der Waals surface area (Å²) in [5.74, 6) is 1.48. The van der Waals surface area contributed by atoms with E-state index in [0.717, 1.165) is 31.5 Å². The second-order valence-electron chi connectivity index (χ2n) is 4.20. The fourth-order valence-electron chi connectivity index (χ4n) is 1.31. The molecule has 0 aliphatic carbocycles. The van der Waals surface area contributed by atoms with E-state index >= 15 is 0 Å². The van der Waals surface area contributed by atoms with E-state index in [1.54, 1.807) is 0 Å². The summed E-state index contributed by atoms with van der Waals surface area (Å²) in [7, 11) is 0. The summed E-state index contributed by atoms with van der Waals surface area (Å²) in [4.78, 5) is 0. The Labute approximate surface area is 77.3 Å². The monoisotopic (exact) mass is 172 g/mol. The lowest BCUT2D eigenvalue weighted by Gasteiger charge is -2.26. The Morgan fingerprint density at radius 2 is 1.42 bits per heavy atom. The van der Waals surface area contributed by atoms with E-state index in [-0.39, 0.29) is 0 Å². The van der Waals surface area contributed by atoms with Crippen LogP contribution in [0.3, 0.4) is 0 Å². The van der Waals surface area contributed by atoms with Gasteiger partial charge in [-0.2, -0.15) is 0 Å². The zero-order valence-corrected chi connectivity index (χ0v) is 9.22. The van der Waals surface area contributed by atoms with Gasteiger partial charge in [-0.1, -0.05) is 34.6 Å². The highest BCUT2D eigenvalue weighted by Gasteiger charge is 2.07. The first-order valence-corrected chi connectivity index (χ1v) is 5.04. The SMILES string of the molecule is CCNN(CC(C)C)CC(C)C. The van der Waals surface area contributed by atoms with Crippen LogP contribution in [-0.4, -0.2) is 24.6 Å². The molecular formula is C10H24N2. The second-order valence-corrected chi connectivity index (χ2v) is 4.20. The summed E-state index contributed by atoms with van der Waals surface area (Å²) >= 11 is 0. The van der Waals surface area contributed by atoms with Crippen LogP contribution in [0.4, 0.5) is 0 Å². The Balaban J connectivity index is 3.69. The van der Waals surface area contributed by atoms with Crippen LogP contribution in [0.5, 0.6) is 0 Å². The topological polar surface area (TPSA) is 15.3 Å². The van der Waals surface area contributed by atoms with Crippen LogP contribution in [0.15, 0.2) is 0 Å². The van der Waals surface area contributed by atoms with Crippen molar-refractivity contribution in [2.24, 2.45) is 11.8 Å². The summed E-state index contributed by atoms with van der Waals surface area (Å²) in [5.41, 5.74) is 3.38. The predicted molar refractivity (Wildman–Crippen MR) is 54.9 cm³/mol. The predicted octanol–water partition coefficient (Wildman–Crippen LogP) is 2.12. The lowest BCUT2D eigenvalue weighted by molar-refractivity contribution is 0.151. The fourth-order valence-corrected chi connectivity index (χ4v) is 1.31. The van der Waals surface area contributed by atoms with Gasteiger partial charge in [0.05, 0.1) is 0 Å². The smallest absolute Gasteiger partial charge is 0.0154 e. The zero-order chi connectivity index (χ0) is 9.56. The molecule has 0 rings (SSSR count). The quantitative estimate of drug-likeness (QED) is 0.617. The summed E-state index contributed by atoms with van der Waals surface area (Å²) in [5, 5.41) is 2.33. The Bertz CT molecular complexity index is 90.0. The first kappa shape index (κ1) is 11.9. The van der Waals surface area contributed by atoms with Gasteiger partial charge in [-0.15, -0.1) is 0 Å². The first-order valence-electron chi connectivity index (χ1n) is 5.04. The lowest BCUT2D eigenvalue weighted by Crippen LogP contribution is -2.42. The van der Waals surface area contributed by atoms with E-state index < -0.39 is 0 Å². The third-order valence-corrected chi connectivity index (χ3v) is 1.55. The van der Waals surface area contributed by atoms with Crippen molar-refractivity contribution in [3.63, 3.8) is 0 Å². The molecule has 0 amide bonds. The standard InChI is InChI=1S/C10H24N2/c1-6-11-12(7-9(2)3)8-10(4)5/h9-11H,6-8H2,1-5H3. The highest BCUT2D eigenvalue weighted by Crippen LogP contribution is 2.00.